The Morgan fingerprint density at radius 2 is 0.786 bits per heavy atom. The molecule has 0 bridgehead atoms. The SMILES string of the molecule is CC(=O)O[C@H](CC(=O)O)C[N+](C)(C)C.CC(=O)O[C@H](CC(=O)O)C[N+](C)(C)C.O=C(O)C(O)C(O)C(O)C(O)C(=O)O. The quantitative estimate of drug-likeness (QED) is 0.0662. The zero-order chi connectivity index (χ0) is 34.2. The van der Waals surface area contributed by atoms with Crippen LogP contribution in [-0.2, 0) is 38.2 Å². The van der Waals surface area contributed by atoms with Gasteiger partial charge < -0.3 is 59.3 Å². The van der Waals surface area contributed by atoms with E-state index in [0.717, 1.165) is 0 Å². The lowest BCUT2D eigenvalue weighted by molar-refractivity contribution is -0.873. The molecular formula is C24H46N2O16+2. The molecule has 42 heavy (non-hydrogen) atoms. The van der Waals surface area contributed by atoms with Crippen LogP contribution < -0.4 is 0 Å². The third-order valence-corrected chi connectivity index (χ3v) is 4.48. The number of carboxylic acids is 4. The summed E-state index contributed by atoms with van der Waals surface area (Å²) < 4.78 is 10.9. The molecule has 0 radical (unpaired) electrons. The minimum Gasteiger partial charge on any atom is -0.481 e. The number of rotatable bonds is 15. The zero-order valence-corrected chi connectivity index (χ0v) is 25.0. The maximum atomic E-state index is 10.7. The van der Waals surface area contributed by atoms with Gasteiger partial charge in [-0.15, -0.1) is 0 Å². The predicted octanol–water partition coefficient (Wildman–Crippen LogP) is -3.20. The smallest absolute Gasteiger partial charge is 0.335 e. The van der Waals surface area contributed by atoms with Crippen LogP contribution in [0.3, 0.4) is 0 Å². The number of esters is 2. The van der Waals surface area contributed by atoms with Crippen LogP contribution in [0.15, 0.2) is 0 Å². The van der Waals surface area contributed by atoms with Gasteiger partial charge in [-0.1, -0.05) is 0 Å². The van der Waals surface area contributed by atoms with E-state index in [2.05, 4.69) is 0 Å². The molecule has 0 spiro atoms. The summed E-state index contributed by atoms with van der Waals surface area (Å²) in [6.07, 6.45) is -10.7. The fraction of sp³-hybridized carbons (Fsp3) is 0.750. The van der Waals surface area contributed by atoms with E-state index in [1.807, 2.05) is 42.3 Å². The standard InChI is InChI=1S/2C9H17NO4.C6H10O8/c2*1-7(11)14-8(5-9(12)13)6-10(2,3)4;7-1(3(9)5(11)12)2(8)4(10)6(13)14/h2*8H,5-6H2,1-4H3;1-4,7-10H,(H,11,12)(H,13,14)/p+2/t2*8-;/m11./s1. The lowest BCUT2D eigenvalue weighted by Gasteiger charge is -2.28. The number of hydrogen-bond acceptors (Lipinski definition) is 12. The topological polar surface area (TPSA) is 283 Å². The Labute approximate surface area is 243 Å². The molecule has 8 N–H and O–H groups in total. The molecule has 0 heterocycles. The minimum atomic E-state index is -2.36. The van der Waals surface area contributed by atoms with E-state index in [4.69, 9.17) is 50.3 Å². The molecule has 0 fully saturated rings. The summed E-state index contributed by atoms with van der Waals surface area (Å²) in [5, 5.41) is 68.6. The van der Waals surface area contributed by atoms with Crippen molar-refractivity contribution < 1.29 is 88.1 Å². The van der Waals surface area contributed by atoms with E-state index in [-0.39, 0.29) is 12.8 Å². The summed E-state index contributed by atoms with van der Waals surface area (Å²) in [5.74, 6) is -6.47. The van der Waals surface area contributed by atoms with Gasteiger partial charge in [0.15, 0.2) is 24.4 Å². The van der Waals surface area contributed by atoms with Crippen molar-refractivity contribution in [3.05, 3.63) is 0 Å². The van der Waals surface area contributed by atoms with Crippen LogP contribution in [0.2, 0.25) is 0 Å². The Balaban J connectivity index is -0.000000543. The van der Waals surface area contributed by atoms with E-state index in [1.165, 1.54) is 13.8 Å². The van der Waals surface area contributed by atoms with Crippen molar-refractivity contribution in [3.8, 4) is 0 Å². The molecule has 0 aromatic heterocycles. The average Bonchev–Trinajstić information content (AvgIpc) is 2.73. The monoisotopic (exact) mass is 618 g/mol. The zero-order valence-electron chi connectivity index (χ0n) is 25.0. The fourth-order valence-electron chi connectivity index (χ4n) is 3.03. The molecule has 4 unspecified atom stereocenters. The van der Waals surface area contributed by atoms with Gasteiger partial charge in [0.2, 0.25) is 0 Å². The summed E-state index contributed by atoms with van der Waals surface area (Å²) in [6.45, 7) is 3.55. The highest BCUT2D eigenvalue weighted by atomic mass is 16.5. The van der Waals surface area contributed by atoms with Crippen molar-refractivity contribution in [2.45, 2.75) is 63.3 Å². The number of aliphatic carboxylic acids is 4. The third kappa shape index (κ3) is 25.5. The Morgan fingerprint density at radius 3 is 0.929 bits per heavy atom. The van der Waals surface area contributed by atoms with Crippen LogP contribution in [0.5, 0.6) is 0 Å². The summed E-state index contributed by atoms with van der Waals surface area (Å²) in [4.78, 5) is 62.5. The number of aliphatic hydroxyl groups is 4. The largest absolute Gasteiger partial charge is 0.481 e. The number of quaternary nitrogens is 2. The molecule has 246 valence electrons. The molecule has 0 amide bonds. The highest BCUT2D eigenvalue weighted by Gasteiger charge is 2.37. The number of nitrogens with zero attached hydrogens (tertiary/aromatic N) is 2. The number of ether oxygens (including phenoxy) is 2. The van der Waals surface area contributed by atoms with E-state index in [1.54, 1.807) is 0 Å². The first-order valence-corrected chi connectivity index (χ1v) is 12.3. The van der Waals surface area contributed by atoms with E-state index in [9.17, 15) is 28.8 Å². The second-order valence-electron chi connectivity index (χ2n) is 11.2. The second kappa shape index (κ2) is 19.7. The molecule has 0 aliphatic carbocycles. The number of likely N-dealkylation sites (N-methyl/N-ethyl adjacent to an activating group) is 2. The van der Waals surface area contributed by atoms with Crippen LogP contribution in [0, 0.1) is 0 Å². The first kappa shape index (κ1) is 43.0. The van der Waals surface area contributed by atoms with Gasteiger partial charge in [-0.2, -0.15) is 0 Å². The summed E-state index contributed by atoms with van der Waals surface area (Å²) in [5.41, 5.74) is 0. The summed E-state index contributed by atoms with van der Waals surface area (Å²) in [6, 6.07) is 0. The highest BCUT2D eigenvalue weighted by molar-refractivity contribution is 5.75. The van der Waals surface area contributed by atoms with Gasteiger partial charge in [0.1, 0.15) is 25.3 Å². The van der Waals surface area contributed by atoms with E-state index < -0.39 is 72.4 Å². The second-order valence-corrected chi connectivity index (χ2v) is 11.2. The fourth-order valence-corrected chi connectivity index (χ4v) is 3.03. The number of carbonyl (C=O) groups is 6. The van der Waals surface area contributed by atoms with Gasteiger partial charge in [-0.3, -0.25) is 19.2 Å². The molecule has 0 rings (SSSR count). The summed E-state index contributed by atoms with van der Waals surface area (Å²) in [7, 11) is 11.5. The Morgan fingerprint density at radius 1 is 0.548 bits per heavy atom. The Bertz CT molecular complexity index is 792. The molecule has 0 aliphatic heterocycles. The van der Waals surface area contributed by atoms with Gasteiger partial charge in [0, 0.05) is 13.8 Å². The van der Waals surface area contributed by atoms with Crippen LogP contribution in [0.4, 0.5) is 0 Å². The van der Waals surface area contributed by atoms with Gasteiger partial charge in [0.05, 0.1) is 55.1 Å². The van der Waals surface area contributed by atoms with Gasteiger partial charge in [-0.05, 0) is 0 Å². The predicted molar refractivity (Wildman–Crippen MR) is 141 cm³/mol. The minimum absolute atomic E-state index is 0.144. The molecular weight excluding hydrogens is 572 g/mol. The first-order chi connectivity index (χ1) is 18.7. The number of carboxylic acid groups (broad SMARTS) is 4. The van der Waals surface area contributed by atoms with Crippen molar-refractivity contribution in [2.75, 3.05) is 55.4 Å². The van der Waals surface area contributed by atoms with E-state index in [0.29, 0.717) is 22.1 Å². The Kier molecular flexibility index (Phi) is 20.1. The molecule has 18 nitrogen and oxygen atoms in total. The van der Waals surface area contributed by atoms with Crippen LogP contribution in [-0.4, -0.2) is 178 Å². The van der Waals surface area contributed by atoms with Gasteiger partial charge in [-0.25, -0.2) is 9.59 Å². The lowest BCUT2D eigenvalue weighted by atomic mass is 10.0. The van der Waals surface area contributed by atoms with Crippen LogP contribution in [0.1, 0.15) is 26.7 Å². The van der Waals surface area contributed by atoms with Crippen molar-refractivity contribution >= 4 is 35.8 Å². The van der Waals surface area contributed by atoms with Gasteiger partial charge in [0.25, 0.3) is 0 Å². The number of aliphatic hydroxyl groups excluding tert-OH is 4. The van der Waals surface area contributed by atoms with Gasteiger partial charge >= 0.3 is 35.8 Å². The summed E-state index contributed by atoms with van der Waals surface area (Å²) >= 11 is 0. The van der Waals surface area contributed by atoms with Crippen molar-refractivity contribution in [3.63, 3.8) is 0 Å². The average molecular weight is 619 g/mol. The highest BCUT2D eigenvalue weighted by Crippen LogP contribution is 2.07. The molecule has 0 aromatic carbocycles. The lowest BCUT2D eigenvalue weighted by Crippen LogP contribution is -2.49. The Hall–Kier alpha value is -3.42. The number of carbonyl (C=O) groups excluding carboxylic acids is 2. The normalized spacial score (nSPS) is 15.4. The number of hydrogen-bond donors (Lipinski definition) is 8. The van der Waals surface area contributed by atoms with Crippen LogP contribution >= 0.6 is 0 Å². The van der Waals surface area contributed by atoms with Crippen molar-refractivity contribution in [1.82, 2.24) is 0 Å². The molecule has 0 saturated carbocycles. The van der Waals surface area contributed by atoms with Crippen molar-refractivity contribution in [2.24, 2.45) is 0 Å². The maximum absolute atomic E-state index is 10.7. The molecule has 0 aromatic rings. The van der Waals surface area contributed by atoms with Crippen LogP contribution in [0.25, 0.3) is 0 Å². The maximum Gasteiger partial charge on any atom is 0.335 e. The molecule has 0 saturated heterocycles. The third-order valence-electron chi connectivity index (χ3n) is 4.48. The van der Waals surface area contributed by atoms with E-state index >= 15 is 0 Å². The molecule has 18 heteroatoms. The molecule has 0 aliphatic rings. The first-order valence-electron chi connectivity index (χ1n) is 12.3. The molecule has 6 atom stereocenters. The van der Waals surface area contributed by atoms with Crippen molar-refractivity contribution in [1.29, 1.82) is 0 Å².